The Bertz CT molecular complexity index is 935. The molecule has 1 aromatic carbocycles. The molecule has 2 aromatic rings. The Morgan fingerprint density at radius 3 is 2.48 bits per heavy atom. The van der Waals surface area contributed by atoms with E-state index >= 15 is 0 Å². The first-order valence-corrected chi connectivity index (χ1v) is 8.04. The maximum absolute atomic E-state index is 12.9. The fourth-order valence-corrected chi connectivity index (χ4v) is 2.38. The predicted molar refractivity (Wildman–Crippen MR) is 91.8 cm³/mol. The Morgan fingerprint density at radius 1 is 1.22 bits per heavy atom. The van der Waals surface area contributed by atoms with Crippen molar-refractivity contribution in [3.63, 3.8) is 0 Å². The van der Waals surface area contributed by atoms with Gasteiger partial charge in [-0.05, 0) is 32.0 Å². The standard InChI is InChI=1S/C18H18F3N3O3/c1-11-9-15(26)16(17(27)23(3)8-7-12(2)25)22-24(11)14-6-4-5-13(10-14)18(19,20)21/h4-6,9-10H,7-8H2,1-3H3. The van der Waals surface area contributed by atoms with E-state index in [1.54, 1.807) is 0 Å². The molecular formula is C18H18F3N3O3. The van der Waals surface area contributed by atoms with Crippen molar-refractivity contribution >= 4 is 11.7 Å². The third-order valence-corrected chi connectivity index (χ3v) is 3.87. The number of hydrogen-bond acceptors (Lipinski definition) is 4. The van der Waals surface area contributed by atoms with Gasteiger partial charge < -0.3 is 4.90 Å². The highest BCUT2D eigenvalue weighted by atomic mass is 19.4. The molecule has 27 heavy (non-hydrogen) atoms. The first-order chi connectivity index (χ1) is 12.5. The Morgan fingerprint density at radius 2 is 1.89 bits per heavy atom. The van der Waals surface area contributed by atoms with Crippen LogP contribution in [0.2, 0.25) is 0 Å². The second-order valence-corrected chi connectivity index (χ2v) is 6.14. The molecule has 0 spiro atoms. The van der Waals surface area contributed by atoms with E-state index in [0.717, 1.165) is 22.9 Å². The summed E-state index contributed by atoms with van der Waals surface area (Å²) in [4.78, 5) is 36.9. The quantitative estimate of drug-likeness (QED) is 0.798. The third-order valence-electron chi connectivity index (χ3n) is 3.87. The zero-order valence-electron chi connectivity index (χ0n) is 15.0. The number of Topliss-reactive ketones (excluding diaryl/α,β-unsaturated/α-hetero) is 1. The van der Waals surface area contributed by atoms with Crippen LogP contribution in [0, 0.1) is 6.92 Å². The summed E-state index contributed by atoms with van der Waals surface area (Å²) in [5.74, 6) is -0.824. The molecule has 0 saturated heterocycles. The summed E-state index contributed by atoms with van der Waals surface area (Å²) in [5, 5.41) is 3.97. The minimum absolute atomic E-state index is 0.0720. The van der Waals surface area contributed by atoms with Gasteiger partial charge in [0.15, 0.2) is 5.69 Å². The molecule has 0 fully saturated rings. The Kier molecular flexibility index (Phi) is 5.82. The summed E-state index contributed by atoms with van der Waals surface area (Å²) >= 11 is 0. The van der Waals surface area contributed by atoms with Gasteiger partial charge in [0.25, 0.3) is 5.91 Å². The number of nitrogens with zero attached hydrogens (tertiary/aromatic N) is 3. The number of amides is 1. The molecule has 2 rings (SSSR count). The minimum atomic E-state index is -4.53. The lowest BCUT2D eigenvalue weighted by molar-refractivity contribution is -0.137. The summed E-state index contributed by atoms with van der Waals surface area (Å²) in [6.45, 7) is 2.98. The molecule has 6 nitrogen and oxygen atoms in total. The van der Waals surface area contributed by atoms with Crippen molar-refractivity contribution in [2.75, 3.05) is 13.6 Å². The van der Waals surface area contributed by atoms with Gasteiger partial charge in [-0.3, -0.25) is 14.4 Å². The van der Waals surface area contributed by atoms with E-state index in [1.165, 1.54) is 37.9 Å². The topological polar surface area (TPSA) is 72.3 Å². The smallest absolute Gasteiger partial charge is 0.340 e. The van der Waals surface area contributed by atoms with Crippen molar-refractivity contribution in [2.24, 2.45) is 0 Å². The molecule has 1 aromatic heterocycles. The van der Waals surface area contributed by atoms with Crippen LogP contribution in [-0.4, -0.2) is 40.0 Å². The van der Waals surface area contributed by atoms with Crippen LogP contribution in [0.1, 0.15) is 35.1 Å². The lowest BCUT2D eigenvalue weighted by Gasteiger charge is -2.17. The van der Waals surface area contributed by atoms with Crippen LogP contribution in [0.3, 0.4) is 0 Å². The molecule has 0 aliphatic heterocycles. The third kappa shape index (κ3) is 4.81. The first-order valence-electron chi connectivity index (χ1n) is 8.04. The minimum Gasteiger partial charge on any atom is -0.340 e. The molecule has 0 atom stereocenters. The zero-order valence-corrected chi connectivity index (χ0v) is 15.0. The Hall–Kier alpha value is -2.97. The molecule has 1 heterocycles. The number of aromatic nitrogens is 2. The maximum Gasteiger partial charge on any atom is 0.416 e. The van der Waals surface area contributed by atoms with E-state index in [4.69, 9.17) is 0 Å². The second-order valence-electron chi connectivity index (χ2n) is 6.14. The van der Waals surface area contributed by atoms with Gasteiger partial charge >= 0.3 is 6.18 Å². The molecule has 0 aliphatic carbocycles. The van der Waals surface area contributed by atoms with Gasteiger partial charge in [0, 0.05) is 31.8 Å². The van der Waals surface area contributed by atoms with E-state index < -0.39 is 28.8 Å². The number of carbonyl (C=O) groups excluding carboxylic acids is 2. The molecule has 0 saturated carbocycles. The number of carbonyl (C=O) groups is 2. The van der Waals surface area contributed by atoms with Gasteiger partial charge in [0.2, 0.25) is 5.43 Å². The van der Waals surface area contributed by atoms with Crippen LogP contribution in [0.15, 0.2) is 35.1 Å². The largest absolute Gasteiger partial charge is 0.416 e. The highest BCUT2D eigenvalue weighted by molar-refractivity contribution is 5.92. The van der Waals surface area contributed by atoms with Crippen molar-refractivity contribution in [1.29, 1.82) is 0 Å². The van der Waals surface area contributed by atoms with Crippen molar-refractivity contribution in [3.05, 3.63) is 57.5 Å². The SMILES string of the molecule is CC(=O)CCN(C)C(=O)c1nn(-c2cccc(C(F)(F)F)c2)c(C)cc1=O. The van der Waals surface area contributed by atoms with Gasteiger partial charge in [-0.15, -0.1) is 0 Å². The number of benzene rings is 1. The Balaban J connectivity index is 2.46. The highest BCUT2D eigenvalue weighted by Crippen LogP contribution is 2.30. The van der Waals surface area contributed by atoms with Crippen LogP contribution >= 0.6 is 0 Å². The summed E-state index contributed by atoms with van der Waals surface area (Å²) in [6, 6.07) is 5.56. The van der Waals surface area contributed by atoms with Crippen LogP contribution < -0.4 is 5.43 Å². The lowest BCUT2D eigenvalue weighted by atomic mass is 10.2. The van der Waals surface area contributed by atoms with Crippen molar-refractivity contribution in [2.45, 2.75) is 26.4 Å². The lowest BCUT2D eigenvalue weighted by Crippen LogP contribution is -2.34. The van der Waals surface area contributed by atoms with Crippen molar-refractivity contribution < 1.29 is 22.8 Å². The highest BCUT2D eigenvalue weighted by Gasteiger charge is 2.30. The molecule has 144 valence electrons. The molecule has 0 aliphatic rings. The molecular weight excluding hydrogens is 363 g/mol. The number of rotatable bonds is 5. The molecule has 9 heteroatoms. The van der Waals surface area contributed by atoms with Crippen LogP contribution in [0.5, 0.6) is 0 Å². The average Bonchev–Trinajstić information content (AvgIpc) is 2.58. The van der Waals surface area contributed by atoms with Crippen LogP contribution in [0.25, 0.3) is 5.69 Å². The predicted octanol–water partition coefficient (Wildman–Crippen LogP) is 2.61. The second kappa shape index (κ2) is 7.73. The van der Waals surface area contributed by atoms with Gasteiger partial charge in [0.05, 0.1) is 11.3 Å². The number of alkyl halides is 3. The number of aryl methyl sites for hydroxylation is 1. The van der Waals surface area contributed by atoms with Gasteiger partial charge in [-0.25, -0.2) is 4.68 Å². The maximum atomic E-state index is 12.9. The Labute approximate surface area is 153 Å². The van der Waals surface area contributed by atoms with E-state index in [1.807, 2.05) is 0 Å². The van der Waals surface area contributed by atoms with E-state index in [-0.39, 0.29) is 30.1 Å². The fraction of sp³-hybridized carbons (Fsp3) is 0.333. The molecule has 1 amide bonds. The van der Waals surface area contributed by atoms with E-state index in [9.17, 15) is 27.6 Å². The molecule has 0 unspecified atom stereocenters. The number of hydrogen-bond donors (Lipinski definition) is 0. The zero-order chi connectivity index (χ0) is 20.4. The number of halogens is 3. The van der Waals surface area contributed by atoms with Gasteiger partial charge in [-0.1, -0.05) is 6.07 Å². The van der Waals surface area contributed by atoms with Gasteiger partial charge in [0.1, 0.15) is 5.78 Å². The monoisotopic (exact) mass is 381 g/mol. The molecule has 0 radical (unpaired) electrons. The fourth-order valence-electron chi connectivity index (χ4n) is 2.38. The normalized spacial score (nSPS) is 11.3. The van der Waals surface area contributed by atoms with Gasteiger partial charge in [-0.2, -0.15) is 18.3 Å². The summed E-state index contributed by atoms with van der Waals surface area (Å²) in [5.41, 5.74) is -1.59. The van der Waals surface area contributed by atoms with Crippen molar-refractivity contribution in [3.8, 4) is 5.69 Å². The summed E-state index contributed by atoms with van der Waals surface area (Å²) in [6.07, 6.45) is -4.41. The number of ketones is 1. The average molecular weight is 381 g/mol. The first kappa shape index (κ1) is 20.3. The van der Waals surface area contributed by atoms with Crippen LogP contribution in [0.4, 0.5) is 13.2 Å². The van der Waals surface area contributed by atoms with E-state index in [0.29, 0.717) is 0 Å². The molecule has 0 N–H and O–H groups in total. The summed E-state index contributed by atoms with van der Waals surface area (Å²) in [7, 11) is 1.42. The molecule has 0 bridgehead atoms. The van der Waals surface area contributed by atoms with Crippen LogP contribution in [-0.2, 0) is 11.0 Å². The summed E-state index contributed by atoms with van der Waals surface area (Å²) < 4.78 is 39.9. The van der Waals surface area contributed by atoms with Crippen molar-refractivity contribution in [1.82, 2.24) is 14.7 Å². The van der Waals surface area contributed by atoms with E-state index in [2.05, 4.69) is 5.10 Å².